The highest BCUT2D eigenvalue weighted by molar-refractivity contribution is 6.30. The smallest absolute Gasteiger partial charge is 0.255 e. The van der Waals surface area contributed by atoms with Gasteiger partial charge in [-0.05, 0) is 55.6 Å². The third-order valence-corrected chi connectivity index (χ3v) is 4.08. The standard InChI is InChI=1S/C19H24ClN3O/c1-3-23(2)12-11-21-14-15-5-4-6-18(13-15)22-19(24)16-7-9-17(20)10-8-16/h4-10,13,21H,3,11-12,14H2,1-2H3,(H,22,24). The van der Waals surface area contributed by atoms with Crippen LogP contribution in [0.1, 0.15) is 22.8 Å². The first-order valence-corrected chi connectivity index (χ1v) is 8.51. The van der Waals surface area contributed by atoms with E-state index in [-0.39, 0.29) is 5.91 Å². The van der Waals surface area contributed by atoms with Gasteiger partial charge in [-0.25, -0.2) is 0 Å². The molecule has 0 aliphatic carbocycles. The quantitative estimate of drug-likeness (QED) is 0.718. The van der Waals surface area contributed by atoms with E-state index in [9.17, 15) is 4.79 Å². The molecule has 5 heteroatoms. The third kappa shape index (κ3) is 5.96. The normalized spacial score (nSPS) is 10.8. The summed E-state index contributed by atoms with van der Waals surface area (Å²) < 4.78 is 0. The van der Waals surface area contributed by atoms with Gasteiger partial charge in [-0.3, -0.25) is 4.79 Å². The van der Waals surface area contributed by atoms with Crippen molar-refractivity contribution in [3.05, 3.63) is 64.7 Å². The molecule has 0 aliphatic rings. The van der Waals surface area contributed by atoms with E-state index in [1.165, 1.54) is 0 Å². The summed E-state index contributed by atoms with van der Waals surface area (Å²) in [7, 11) is 2.11. The van der Waals surface area contributed by atoms with Gasteiger partial charge in [0.15, 0.2) is 0 Å². The van der Waals surface area contributed by atoms with Crippen molar-refractivity contribution in [3.63, 3.8) is 0 Å². The molecule has 0 fully saturated rings. The first-order valence-electron chi connectivity index (χ1n) is 8.13. The number of anilines is 1. The number of rotatable bonds is 8. The first kappa shape index (κ1) is 18.5. The van der Waals surface area contributed by atoms with Crippen LogP contribution in [0.3, 0.4) is 0 Å². The van der Waals surface area contributed by atoms with Crippen LogP contribution in [-0.2, 0) is 6.54 Å². The Morgan fingerprint density at radius 1 is 1.17 bits per heavy atom. The van der Waals surface area contributed by atoms with E-state index in [4.69, 9.17) is 11.6 Å². The van der Waals surface area contributed by atoms with Crippen LogP contribution in [0.2, 0.25) is 5.02 Å². The molecule has 2 aromatic rings. The Morgan fingerprint density at radius 3 is 2.62 bits per heavy atom. The fourth-order valence-electron chi connectivity index (χ4n) is 2.22. The molecule has 4 nitrogen and oxygen atoms in total. The Labute approximate surface area is 148 Å². The van der Waals surface area contributed by atoms with Crippen LogP contribution in [-0.4, -0.2) is 37.5 Å². The maximum atomic E-state index is 12.2. The summed E-state index contributed by atoms with van der Waals surface area (Å²) in [6.45, 7) is 5.93. The van der Waals surface area contributed by atoms with Gasteiger partial charge in [0, 0.05) is 35.9 Å². The molecular weight excluding hydrogens is 322 g/mol. The molecule has 0 heterocycles. The van der Waals surface area contributed by atoms with Crippen LogP contribution in [0.5, 0.6) is 0 Å². The molecule has 0 saturated carbocycles. The second-order valence-corrected chi connectivity index (χ2v) is 6.17. The van der Waals surface area contributed by atoms with Crippen molar-refractivity contribution in [1.29, 1.82) is 0 Å². The van der Waals surface area contributed by atoms with Gasteiger partial charge < -0.3 is 15.5 Å². The highest BCUT2D eigenvalue weighted by atomic mass is 35.5. The number of carbonyl (C=O) groups is 1. The third-order valence-electron chi connectivity index (χ3n) is 3.83. The molecule has 0 aromatic heterocycles. The van der Waals surface area contributed by atoms with Crippen LogP contribution < -0.4 is 10.6 Å². The number of hydrogen-bond acceptors (Lipinski definition) is 3. The lowest BCUT2D eigenvalue weighted by molar-refractivity contribution is 0.102. The zero-order chi connectivity index (χ0) is 17.4. The van der Waals surface area contributed by atoms with Gasteiger partial charge in [-0.2, -0.15) is 0 Å². The summed E-state index contributed by atoms with van der Waals surface area (Å²) >= 11 is 5.84. The van der Waals surface area contributed by atoms with Gasteiger partial charge in [-0.1, -0.05) is 30.7 Å². The van der Waals surface area contributed by atoms with Crippen molar-refractivity contribution in [2.24, 2.45) is 0 Å². The zero-order valence-corrected chi connectivity index (χ0v) is 14.9. The minimum absolute atomic E-state index is 0.138. The molecule has 2 aromatic carbocycles. The van der Waals surface area contributed by atoms with E-state index in [0.717, 1.165) is 37.4 Å². The molecule has 0 spiro atoms. The van der Waals surface area contributed by atoms with Gasteiger partial charge in [0.1, 0.15) is 0 Å². The van der Waals surface area contributed by atoms with E-state index >= 15 is 0 Å². The van der Waals surface area contributed by atoms with Crippen molar-refractivity contribution >= 4 is 23.2 Å². The largest absolute Gasteiger partial charge is 0.322 e. The lowest BCUT2D eigenvalue weighted by Gasteiger charge is -2.14. The molecular formula is C19H24ClN3O. The van der Waals surface area contributed by atoms with E-state index in [1.807, 2.05) is 18.2 Å². The number of amides is 1. The van der Waals surface area contributed by atoms with Gasteiger partial charge >= 0.3 is 0 Å². The molecule has 0 atom stereocenters. The Balaban J connectivity index is 1.88. The number of nitrogens with one attached hydrogen (secondary N) is 2. The fraction of sp³-hybridized carbons (Fsp3) is 0.316. The summed E-state index contributed by atoms with van der Waals surface area (Å²) in [6, 6.07) is 14.7. The fourth-order valence-corrected chi connectivity index (χ4v) is 2.35. The second kappa shape index (κ2) is 9.42. The SMILES string of the molecule is CCN(C)CCNCc1cccc(NC(=O)c2ccc(Cl)cc2)c1. The summed E-state index contributed by atoms with van der Waals surface area (Å²) in [5.41, 5.74) is 2.52. The number of carbonyl (C=O) groups excluding carboxylic acids is 1. The molecule has 2 N–H and O–H groups in total. The lowest BCUT2D eigenvalue weighted by Crippen LogP contribution is -2.28. The summed E-state index contributed by atoms with van der Waals surface area (Å²) in [4.78, 5) is 14.5. The van der Waals surface area contributed by atoms with Crippen LogP contribution in [0.4, 0.5) is 5.69 Å². The van der Waals surface area contributed by atoms with Gasteiger partial charge in [0.2, 0.25) is 0 Å². The Bertz CT molecular complexity index is 658. The van der Waals surface area contributed by atoms with E-state index in [2.05, 4.69) is 35.6 Å². The molecule has 0 saturated heterocycles. The first-order chi connectivity index (χ1) is 11.6. The minimum atomic E-state index is -0.138. The molecule has 0 aliphatic heterocycles. The minimum Gasteiger partial charge on any atom is -0.322 e. The summed E-state index contributed by atoms with van der Waals surface area (Å²) in [6.07, 6.45) is 0. The average Bonchev–Trinajstić information content (AvgIpc) is 2.59. The van der Waals surface area contributed by atoms with E-state index in [0.29, 0.717) is 10.6 Å². The number of halogens is 1. The maximum Gasteiger partial charge on any atom is 0.255 e. The Morgan fingerprint density at radius 2 is 1.92 bits per heavy atom. The van der Waals surface area contributed by atoms with Crippen molar-refractivity contribution < 1.29 is 4.79 Å². The van der Waals surface area contributed by atoms with Gasteiger partial charge in [0.25, 0.3) is 5.91 Å². The Hall–Kier alpha value is -1.88. The van der Waals surface area contributed by atoms with Crippen molar-refractivity contribution in [2.75, 3.05) is 32.0 Å². The molecule has 0 unspecified atom stereocenters. The summed E-state index contributed by atoms with van der Waals surface area (Å²) in [5, 5.41) is 6.95. The maximum absolute atomic E-state index is 12.2. The van der Waals surface area contributed by atoms with Crippen molar-refractivity contribution in [1.82, 2.24) is 10.2 Å². The molecule has 0 bridgehead atoms. The summed E-state index contributed by atoms with van der Waals surface area (Å²) in [5.74, 6) is -0.138. The van der Waals surface area contributed by atoms with Gasteiger partial charge in [0.05, 0.1) is 0 Å². The van der Waals surface area contributed by atoms with Crippen LogP contribution >= 0.6 is 11.6 Å². The van der Waals surface area contributed by atoms with E-state index in [1.54, 1.807) is 24.3 Å². The molecule has 0 radical (unpaired) electrons. The second-order valence-electron chi connectivity index (χ2n) is 5.73. The number of nitrogens with zero attached hydrogens (tertiary/aromatic N) is 1. The monoisotopic (exact) mass is 345 g/mol. The predicted octanol–water partition coefficient (Wildman–Crippen LogP) is 3.63. The molecule has 2 rings (SSSR count). The predicted molar refractivity (Wildman–Crippen MR) is 101 cm³/mol. The number of hydrogen-bond donors (Lipinski definition) is 2. The zero-order valence-electron chi connectivity index (χ0n) is 14.2. The van der Waals surface area contributed by atoms with Crippen LogP contribution in [0.25, 0.3) is 0 Å². The molecule has 128 valence electrons. The van der Waals surface area contributed by atoms with Gasteiger partial charge in [-0.15, -0.1) is 0 Å². The molecule has 24 heavy (non-hydrogen) atoms. The topological polar surface area (TPSA) is 44.4 Å². The Kier molecular flexibility index (Phi) is 7.25. The number of likely N-dealkylation sites (N-methyl/N-ethyl adjacent to an activating group) is 1. The highest BCUT2D eigenvalue weighted by Crippen LogP contribution is 2.14. The van der Waals surface area contributed by atoms with E-state index < -0.39 is 0 Å². The average molecular weight is 346 g/mol. The van der Waals surface area contributed by atoms with Crippen LogP contribution in [0.15, 0.2) is 48.5 Å². The number of benzene rings is 2. The van der Waals surface area contributed by atoms with Crippen molar-refractivity contribution in [3.8, 4) is 0 Å². The lowest BCUT2D eigenvalue weighted by atomic mass is 10.1. The highest BCUT2D eigenvalue weighted by Gasteiger charge is 2.06. The van der Waals surface area contributed by atoms with Crippen LogP contribution in [0, 0.1) is 0 Å². The molecule has 1 amide bonds. The van der Waals surface area contributed by atoms with Crippen molar-refractivity contribution in [2.45, 2.75) is 13.5 Å².